The van der Waals surface area contributed by atoms with E-state index >= 15 is 0 Å². The summed E-state index contributed by atoms with van der Waals surface area (Å²) in [4.78, 5) is 26.2. The molecule has 1 aliphatic heterocycles. The summed E-state index contributed by atoms with van der Waals surface area (Å²) in [5, 5.41) is 5.94. The maximum Gasteiger partial charge on any atom is 0.481 e. The van der Waals surface area contributed by atoms with Gasteiger partial charge < -0.3 is 25.7 Å². The second kappa shape index (κ2) is 11.1. The van der Waals surface area contributed by atoms with Gasteiger partial charge in [-0.25, -0.2) is 0 Å². The Bertz CT molecular complexity index is 968. The van der Waals surface area contributed by atoms with Gasteiger partial charge in [0.1, 0.15) is 6.04 Å². The average Bonchev–Trinajstić information content (AvgIpc) is 3.22. The first-order chi connectivity index (χ1) is 17.5. The lowest BCUT2D eigenvalue weighted by molar-refractivity contribution is -0.199. The SMILES string of the molecule is CCCCc1ccc(C(=O)N[C@@H](CN)C(=O)N[C@@H](CC(C)C)B2O[C@@H]3C[C@H]4C[C@H](C4(C)C)[C@]3(C)O2)cc1. The van der Waals surface area contributed by atoms with E-state index in [1.165, 1.54) is 12.0 Å². The number of carbonyl (C=O) groups is 2. The Morgan fingerprint density at radius 1 is 1.14 bits per heavy atom. The molecule has 0 unspecified atom stereocenters. The number of nitrogens with two attached hydrogens (primary N) is 1. The van der Waals surface area contributed by atoms with E-state index in [9.17, 15) is 9.59 Å². The smallest absolute Gasteiger partial charge is 0.404 e. The van der Waals surface area contributed by atoms with Crippen LogP contribution in [0.25, 0.3) is 0 Å². The number of unbranched alkanes of at least 4 members (excludes halogenated alkanes) is 1. The van der Waals surface area contributed by atoms with Gasteiger partial charge in [0, 0.05) is 12.1 Å². The van der Waals surface area contributed by atoms with Gasteiger partial charge in [0.05, 0.1) is 17.6 Å². The summed E-state index contributed by atoms with van der Waals surface area (Å²) in [6, 6.07) is 6.72. The Hall–Kier alpha value is -1.90. The van der Waals surface area contributed by atoms with Crippen LogP contribution in [0.1, 0.15) is 89.6 Å². The molecule has 3 aliphatic carbocycles. The molecule has 0 radical (unpaired) electrons. The molecule has 2 amide bonds. The van der Waals surface area contributed by atoms with Crippen LogP contribution in [0.5, 0.6) is 0 Å². The second-order valence-electron chi connectivity index (χ2n) is 12.6. The summed E-state index contributed by atoms with van der Waals surface area (Å²) in [5.74, 6) is 0.510. The van der Waals surface area contributed by atoms with Crippen LogP contribution < -0.4 is 16.4 Å². The number of aryl methyl sites for hydroxylation is 1. The van der Waals surface area contributed by atoms with E-state index in [2.05, 4.69) is 52.2 Å². The third-order valence-electron chi connectivity index (χ3n) is 9.24. The molecule has 6 atom stereocenters. The third kappa shape index (κ3) is 5.62. The Morgan fingerprint density at radius 3 is 2.43 bits per heavy atom. The van der Waals surface area contributed by atoms with Gasteiger partial charge >= 0.3 is 7.12 Å². The lowest BCUT2D eigenvalue weighted by atomic mass is 9.43. The van der Waals surface area contributed by atoms with Crippen LogP contribution in [-0.2, 0) is 20.5 Å². The third-order valence-corrected chi connectivity index (χ3v) is 9.24. The Morgan fingerprint density at radius 2 is 1.84 bits per heavy atom. The van der Waals surface area contributed by atoms with E-state index in [0.29, 0.717) is 29.7 Å². The highest BCUT2D eigenvalue weighted by Gasteiger charge is 2.68. The van der Waals surface area contributed by atoms with E-state index in [-0.39, 0.29) is 41.4 Å². The summed E-state index contributed by atoms with van der Waals surface area (Å²) < 4.78 is 13.1. The lowest BCUT2D eigenvalue weighted by Crippen LogP contribution is -2.65. The molecular weight excluding hydrogens is 465 g/mol. The number of hydrogen-bond donors (Lipinski definition) is 3. The predicted molar refractivity (Wildman–Crippen MR) is 147 cm³/mol. The molecule has 2 bridgehead atoms. The average molecular weight is 512 g/mol. The first kappa shape index (κ1) is 28.1. The number of carbonyl (C=O) groups excluding carboxylic acids is 2. The van der Waals surface area contributed by atoms with Crippen molar-refractivity contribution in [3.8, 4) is 0 Å². The van der Waals surface area contributed by atoms with Crippen molar-refractivity contribution in [1.29, 1.82) is 0 Å². The molecule has 1 aromatic rings. The van der Waals surface area contributed by atoms with Gasteiger partial charge in [-0.15, -0.1) is 0 Å². The van der Waals surface area contributed by atoms with Crippen molar-refractivity contribution >= 4 is 18.9 Å². The monoisotopic (exact) mass is 511 g/mol. The van der Waals surface area contributed by atoms with E-state index in [4.69, 9.17) is 15.0 Å². The topological polar surface area (TPSA) is 103 Å². The number of benzene rings is 1. The standard InChI is InChI=1S/C29H46BN3O4/c1-7-8-9-19-10-12-20(13-11-19)26(34)32-22(17-31)27(35)33-25(14-18(2)3)30-36-24-16-21-15-23(28(21,4)5)29(24,6)37-30/h10-13,18,21-25H,7-9,14-17,31H2,1-6H3,(H,32,34)(H,33,35)/t21-,22+,23-,24-,25+,29+/m1/s1. The van der Waals surface area contributed by atoms with Crippen LogP contribution in [0.3, 0.4) is 0 Å². The van der Waals surface area contributed by atoms with Crippen LogP contribution in [0, 0.1) is 23.2 Å². The summed E-state index contributed by atoms with van der Waals surface area (Å²) in [6.45, 7) is 13.3. The first-order valence-electron chi connectivity index (χ1n) is 14.2. The molecule has 3 saturated carbocycles. The Labute approximate surface area is 223 Å². The van der Waals surface area contributed by atoms with Crippen molar-refractivity contribution in [2.45, 2.75) is 104 Å². The summed E-state index contributed by atoms with van der Waals surface area (Å²) in [7, 11) is -0.513. The molecular formula is C29H46BN3O4. The quantitative estimate of drug-likeness (QED) is 0.392. The highest BCUT2D eigenvalue weighted by Crippen LogP contribution is 2.65. The van der Waals surface area contributed by atoms with Crippen LogP contribution in [0.2, 0.25) is 0 Å². The zero-order valence-electron chi connectivity index (χ0n) is 23.5. The highest BCUT2D eigenvalue weighted by molar-refractivity contribution is 6.48. The molecule has 1 heterocycles. The fraction of sp³-hybridized carbons (Fsp3) is 0.724. The van der Waals surface area contributed by atoms with E-state index in [1.807, 2.05) is 24.3 Å². The molecule has 8 heteroatoms. The van der Waals surface area contributed by atoms with Gasteiger partial charge in [0.2, 0.25) is 5.91 Å². The van der Waals surface area contributed by atoms with Crippen LogP contribution in [-0.4, -0.2) is 49.2 Å². The summed E-state index contributed by atoms with van der Waals surface area (Å²) in [5.41, 5.74) is 7.58. The summed E-state index contributed by atoms with van der Waals surface area (Å²) in [6.07, 6.45) is 6.17. The predicted octanol–water partition coefficient (Wildman–Crippen LogP) is 3.88. The molecule has 0 aromatic heterocycles. The van der Waals surface area contributed by atoms with Crippen LogP contribution >= 0.6 is 0 Å². The van der Waals surface area contributed by atoms with Crippen molar-refractivity contribution < 1.29 is 18.9 Å². The highest BCUT2D eigenvalue weighted by atomic mass is 16.7. The molecule has 5 rings (SSSR count). The Balaban J connectivity index is 1.40. The summed E-state index contributed by atoms with van der Waals surface area (Å²) >= 11 is 0. The molecule has 4 aliphatic rings. The van der Waals surface area contributed by atoms with Crippen LogP contribution in [0.4, 0.5) is 0 Å². The maximum absolute atomic E-state index is 13.3. The van der Waals surface area contributed by atoms with Gasteiger partial charge in [-0.2, -0.15) is 0 Å². The lowest BCUT2D eigenvalue weighted by Gasteiger charge is -2.64. The number of rotatable bonds is 11. The van der Waals surface area contributed by atoms with Gasteiger partial charge in [-0.05, 0) is 79.9 Å². The minimum absolute atomic E-state index is 0.00518. The number of nitrogens with one attached hydrogen (secondary N) is 2. The molecule has 1 aromatic carbocycles. The fourth-order valence-corrected chi connectivity index (χ4v) is 6.78. The zero-order chi connectivity index (χ0) is 27.0. The Kier molecular flexibility index (Phi) is 8.41. The normalized spacial score (nSPS) is 29.3. The van der Waals surface area contributed by atoms with Gasteiger partial charge in [-0.1, -0.05) is 53.2 Å². The second-order valence-corrected chi connectivity index (χ2v) is 12.6. The minimum atomic E-state index is -0.840. The number of amides is 2. The largest absolute Gasteiger partial charge is 0.481 e. The van der Waals surface area contributed by atoms with Gasteiger partial charge in [0.25, 0.3) is 5.91 Å². The van der Waals surface area contributed by atoms with Crippen molar-refractivity contribution in [2.75, 3.05) is 6.54 Å². The molecule has 37 heavy (non-hydrogen) atoms. The first-order valence-corrected chi connectivity index (χ1v) is 14.2. The van der Waals surface area contributed by atoms with E-state index in [1.54, 1.807) is 0 Å². The van der Waals surface area contributed by atoms with Crippen molar-refractivity contribution in [2.24, 2.45) is 28.9 Å². The van der Waals surface area contributed by atoms with Crippen molar-refractivity contribution in [1.82, 2.24) is 10.6 Å². The molecule has 7 nitrogen and oxygen atoms in total. The van der Waals surface area contributed by atoms with Crippen molar-refractivity contribution in [3.05, 3.63) is 35.4 Å². The molecule has 0 spiro atoms. The van der Waals surface area contributed by atoms with Crippen LogP contribution in [0.15, 0.2) is 24.3 Å². The van der Waals surface area contributed by atoms with Crippen molar-refractivity contribution in [3.63, 3.8) is 0 Å². The molecule has 4 fully saturated rings. The fourth-order valence-electron chi connectivity index (χ4n) is 6.78. The van der Waals surface area contributed by atoms with E-state index in [0.717, 1.165) is 25.7 Å². The molecule has 1 saturated heterocycles. The van der Waals surface area contributed by atoms with E-state index < -0.39 is 13.2 Å². The molecule has 204 valence electrons. The molecule has 4 N–H and O–H groups in total. The van der Waals surface area contributed by atoms with Gasteiger partial charge in [-0.3, -0.25) is 9.59 Å². The minimum Gasteiger partial charge on any atom is -0.404 e. The number of hydrogen-bond acceptors (Lipinski definition) is 5. The van der Waals surface area contributed by atoms with Gasteiger partial charge in [0.15, 0.2) is 0 Å². The zero-order valence-corrected chi connectivity index (χ0v) is 23.5. The maximum atomic E-state index is 13.3.